The zero-order valence-corrected chi connectivity index (χ0v) is 31.8. The second-order valence-electron chi connectivity index (χ2n) is 12.3. The van der Waals surface area contributed by atoms with Crippen molar-refractivity contribution in [3.63, 3.8) is 0 Å². The number of carbonyl (C=O) groups excluding carboxylic acids is 2. The number of nitrogens with zero attached hydrogens (tertiary/aromatic N) is 2. The van der Waals surface area contributed by atoms with Crippen molar-refractivity contribution < 1.29 is 66.0 Å². The molecule has 0 aliphatic carbocycles. The molecule has 5 N–H and O–H groups in total. The van der Waals surface area contributed by atoms with Crippen molar-refractivity contribution in [3.8, 4) is 11.1 Å². The van der Waals surface area contributed by atoms with Gasteiger partial charge in [-0.1, -0.05) is 0 Å². The smallest absolute Gasteiger partial charge is 0.269 e. The van der Waals surface area contributed by atoms with Crippen LogP contribution in [0.15, 0.2) is 29.6 Å². The van der Waals surface area contributed by atoms with Gasteiger partial charge in [-0.25, -0.2) is 13.4 Å². The zero-order valence-electron chi connectivity index (χ0n) is 27.7. The molecule has 1 unspecified atom stereocenters. The predicted octanol–water partition coefficient (Wildman–Crippen LogP) is 1.18. The number of carbonyl (C=O) groups is 2. The second kappa shape index (κ2) is 15.5. The lowest BCUT2D eigenvalue weighted by molar-refractivity contribution is -0.437. The molecule has 0 fully saturated rings. The van der Waals surface area contributed by atoms with Gasteiger partial charge in [0, 0.05) is 48.0 Å². The Morgan fingerprint density at radius 2 is 1.38 bits per heavy atom. The van der Waals surface area contributed by atoms with Crippen molar-refractivity contribution in [1.29, 1.82) is 0 Å². The Balaban J connectivity index is 1.89. The highest BCUT2D eigenvalue weighted by Crippen LogP contribution is 2.50. The van der Waals surface area contributed by atoms with E-state index in [1.165, 1.54) is 23.5 Å². The Hall–Kier alpha value is -3.42. The van der Waals surface area contributed by atoms with Crippen LogP contribution in [-0.4, -0.2) is 122 Å². The molecule has 1 aliphatic heterocycles. The number of hydrogen-bond donors (Lipinski definition) is 5. The molecular weight excluding hydrogens is 789 g/mol. The Kier molecular flexibility index (Phi) is 12.3. The minimum atomic E-state index is -4.53. The molecule has 0 spiro atoms. The summed E-state index contributed by atoms with van der Waals surface area (Å²) in [6, 6.07) is 6.22. The van der Waals surface area contributed by atoms with Crippen LogP contribution in [-0.2, 0) is 45.9 Å². The van der Waals surface area contributed by atoms with Crippen molar-refractivity contribution >= 4 is 85.1 Å². The molecule has 1 atom stereocenters. The highest BCUT2D eigenvalue weighted by atomic mass is 32.2. The van der Waals surface area contributed by atoms with Crippen molar-refractivity contribution in [2.24, 2.45) is 0 Å². The van der Waals surface area contributed by atoms with E-state index < -0.39 is 93.8 Å². The van der Waals surface area contributed by atoms with E-state index in [1.807, 2.05) is 11.5 Å². The summed E-state index contributed by atoms with van der Waals surface area (Å²) in [5.41, 5.74) is 1.16. The van der Waals surface area contributed by atoms with Gasteiger partial charge in [-0.2, -0.15) is 29.8 Å². The van der Waals surface area contributed by atoms with E-state index >= 15 is 0 Å². The van der Waals surface area contributed by atoms with Gasteiger partial charge in [0.2, 0.25) is 5.69 Å². The van der Waals surface area contributed by atoms with Gasteiger partial charge in [-0.05, 0) is 55.0 Å². The van der Waals surface area contributed by atoms with Crippen LogP contribution in [0.3, 0.4) is 0 Å². The van der Waals surface area contributed by atoms with Gasteiger partial charge in [0.1, 0.15) is 17.9 Å². The lowest BCUT2D eigenvalue weighted by atomic mass is 9.75. The fraction of sp³-hybridized carbons (Fsp3) is 0.448. The van der Waals surface area contributed by atoms with Crippen molar-refractivity contribution in [2.45, 2.75) is 38.5 Å². The van der Waals surface area contributed by atoms with Crippen LogP contribution < -0.4 is 10.6 Å². The van der Waals surface area contributed by atoms with E-state index in [1.54, 1.807) is 24.4 Å². The molecule has 1 aliphatic rings. The molecule has 52 heavy (non-hydrogen) atoms. The SMILES string of the molecule is CC1=[N+](CCCS(=O)(=O)[O-])c2c(cc(-c3cc(C(=O)NCCS(=O)(=O)O)nc(C(=O)NCCS(=O)(=O)O)c3)c3sccc23)C1(C)CCCS(=O)(=O)O. The summed E-state index contributed by atoms with van der Waals surface area (Å²) in [5.74, 6) is -4.63. The number of fused-ring (bicyclic) bond motifs is 3. The number of hydrogen-bond acceptors (Lipinski definition) is 13. The molecule has 18 nitrogen and oxygen atoms in total. The van der Waals surface area contributed by atoms with Gasteiger partial charge < -0.3 is 15.2 Å². The van der Waals surface area contributed by atoms with E-state index in [0.29, 0.717) is 32.6 Å². The lowest BCUT2D eigenvalue weighted by Crippen LogP contribution is -2.32. The lowest BCUT2D eigenvalue weighted by Gasteiger charge is -2.23. The molecule has 0 saturated heterocycles. The summed E-state index contributed by atoms with van der Waals surface area (Å²) in [7, 11) is -17.7. The number of rotatable bonds is 17. The highest BCUT2D eigenvalue weighted by molar-refractivity contribution is 7.86. The van der Waals surface area contributed by atoms with Gasteiger partial charge in [-0.3, -0.25) is 23.2 Å². The van der Waals surface area contributed by atoms with Crippen LogP contribution in [0.1, 0.15) is 59.7 Å². The highest BCUT2D eigenvalue weighted by Gasteiger charge is 2.47. The summed E-state index contributed by atoms with van der Waals surface area (Å²) in [6.07, 6.45) is 0.215. The molecule has 2 amide bonds. The Morgan fingerprint density at radius 3 is 1.88 bits per heavy atom. The van der Waals surface area contributed by atoms with Crippen LogP contribution in [0.2, 0.25) is 0 Å². The number of nitrogens with one attached hydrogen (secondary N) is 2. The molecule has 23 heteroatoms. The number of amides is 2. The van der Waals surface area contributed by atoms with E-state index in [2.05, 4.69) is 15.6 Å². The fourth-order valence-corrected chi connectivity index (χ4v) is 8.65. The maximum Gasteiger partial charge on any atom is 0.269 e. The number of aromatic nitrogens is 1. The molecule has 2 aromatic heterocycles. The monoisotopic (exact) mass is 824 g/mol. The minimum Gasteiger partial charge on any atom is -0.748 e. The van der Waals surface area contributed by atoms with Gasteiger partial charge in [0.25, 0.3) is 42.2 Å². The summed E-state index contributed by atoms with van der Waals surface area (Å²) in [5, 5.41) is 7.03. The van der Waals surface area contributed by atoms with Gasteiger partial charge in [0.05, 0.1) is 38.2 Å². The quantitative estimate of drug-likeness (QED) is 0.0943. The predicted molar refractivity (Wildman–Crippen MR) is 190 cm³/mol. The Morgan fingerprint density at radius 1 is 0.846 bits per heavy atom. The largest absolute Gasteiger partial charge is 0.748 e. The first kappa shape index (κ1) is 41.3. The van der Waals surface area contributed by atoms with Gasteiger partial charge in [0.15, 0.2) is 5.71 Å². The third-order valence-electron chi connectivity index (χ3n) is 8.52. The molecule has 3 heterocycles. The Bertz CT molecular complexity index is 2320. The topological polar surface area (TPSA) is 294 Å². The first-order valence-corrected chi connectivity index (χ1v) is 22.7. The Labute approximate surface area is 304 Å². The fourth-order valence-electron chi connectivity index (χ4n) is 6.00. The normalized spacial score (nSPS) is 16.7. The number of benzene rings is 1. The molecular formula is C29H36N4O14S5. The third kappa shape index (κ3) is 10.6. The van der Waals surface area contributed by atoms with Crippen LogP contribution in [0.5, 0.6) is 0 Å². The average molecular weight is 825 g/mol. The molecule has 4 rings (SSSR count). The summed E-state index contributed by atoms with van der Waals surface area (Å²) in [6.45, 7) is 2.73. The average Bonchev–Trinajstić information content (AvgIpc) is 3.56. The third-order valence-corrected chi connectivity index (χ3v) is 12.5. The van der Waals surface area contributed by atoms with Crippen LogP contribution in [0.4, 0.5) is 5.69 Å². The molecule has 1 aromatic carbocycles. The standard InChI is InChI=1S/C29H36N4O14S5/c1-18-29(2,6-3-11-49(36,37)38)22-17-21(26-20(5-10-48-26)25(22)33(18)9-4-12-50(39,40)41)19-15-23(27(34)30-7-13-51(42,43)44)32-24(16-19)28(35)31-8-14-52(45,46)47/h5,10,15-17H,3-4,6-9,11-14H2,1-2H3,(H5-,30,31,34,35,36,37,38,39,40,41,42,43,44,45,46,47). The summed E-state index contributed by atoms with van der Waals surface area (Å²) in [4.78, 5) is 30.4. The maximum absolute atomic E-state index is 13.2. The van der Waals surface area contributed by atoms with Crippen molar-refractivity contribution in [1.82, 2.24) is 15.6 Å². The molecule has 3 aromatic rings. The van der Waals surface area contributed by atoms with Crippen LogP contribution >= 0.6 is 11.3 Å². The zero-order chi connectivity index (χ0) is 38.9. The molecule has 0 radical (unpaired) electrons. The second-order valence-corrected chi connectivity index (χ2v) is 19.4. The van der Waals surface area contributed by atoms with Gasteiger partial charge in [-0.15, -0.1) is 11.3 Å². The van der Waals surface area contributed by atoms with Crippen LogP contribution in [0.25, 0.3) is 21.2 Å². The molecule has 0 saturated carbocycles. The van der Waals surface area contributed by atoms with E-state index in [0.717, 1.165) is 0 Å². The number of thiophene rings is 1. The van der Waals surface area contributed by atoms with E-state index in [4.69, 9.17) is 9.11 Å². The van der Waals surface area contributed by atoms with E-state index in [-0.39, 0.29) is 42.8 Å². The van der Waals surface area contributed by atoms with Gasteiger partial charge >= 0.3 is 0 Å². The van der Waals surface area contributed by atoms with Crippen LogP contribution in [0, 0.1) is 0 Å². The first-order valence-electron chi connectivity index (χ1n) is 15.4. The molecule has 0 bridgehead atoms. The minimum absolute atomic E-state index is 0.0203. The van der Waals surface area contributed by atoms with Crippen molar-refractivity contribution in [2.75, 3.05) is 42.6 Å². The van der Waals surface area contributed by atoms with Crippen molar-refractivity contribution in [3.05, 3.63) is 46.6 Å². The van der Waals surface area contributed by atoms with E-state index in [9.17, 15) is 52.4 Å². The number of pyridine rings is 1. The first-order chi connectivity index (χ1) is 23.9. The maximum atomic E-state index is 13.2. The summed E-state index contributed by atoms with van der Waals surface area (Å²) >= 11 is 1.28. The molecule has 286 valence electrons. The summed E-state index contributed by atoms with van der Waals surface area (Å²) < 4.78 is 132.